The van der Waals surface area contributed by atoms with Crippen LogP contribution in [0.4, 0.5) is 4.79 Å². The van der Waals surface area contributed by atoms with Crippen LogP contribution in [-0.2, 0) is 22.6 Å². The number of carbonyl (C=O) groups excluding carboxylic acids is 2. The topological polar surface area (TPSA) is 95.1 Å². The molecule has 0 unspecified atom stereocenters. The van der Waals surface area contributed by atoms with Crippen molar-refractivity contribution in [2.45, 2.75) is 59.2 Å². The molecule has 1 aromatic rings. The van der Waals surface area contributed by atoms with Crippen molar-refractivity contribution in [3.8, 4) is 0 Å². The standard InChI is InChI=1S/C22H35N5O3/c1-5-23-20(24-11-12-25-21(29)30-22(2,3)4)26-15-17-8-6-9-18(14-17)16-27-13-7-10-19(27)28/h6,8-9,14H,5,7,10-13,15-16H2,1-4H3,(H,25,29)(H2,23,24,26). The predicted molar refractivity (Wildman–Crippen MR) is 118 cm³/mol. The van der Waals surface area contributed by atoms with Crippen molar-refractivity contribution in [3.05, 3.63) is 35.4 Å². The average Bonchev–Trinajstić information content (AvgIpc) is 3.06. The van der Waals surface area contributed by atoms with E-state index < -0.39 is 11.7 Å². The zero-order valence-corrected chi connectivity index (χ0v) is 18.6. The molecule has 1 heterocycles. The lowest BCUT2D eigenvalue weighted by Crippen LogP contribution is -2.42. The number of likely N-dealkylation sites (tertiary alicyclic amines) is 1. The second-order valence-electron chi connectivity index (χ2n) is 8.29. The number of nitrogens with one attached hydrogen (secondary N) is 3. The third-order valence-electron chi connectivity index (χ3n) is 4.39. The van der Waals surface area contributed by atoms with Gasteiger partial charge in [0.1, 0.15) is 5.60 Å². The fourth-order valence-corrected chi connectivity index (χ4v) is 3.09. The van der Waals surface area contributed by atoms with Crippen LogP contribution < -0.4 is 16.0 Å². The second kappa shape index (κ2) is 11.4. The molecule has 0 saturated carbocycles. The Hall–Kier alpha value is -2.77. The third kappa shape index (κ3) is 8.71. The highest BCUT2D eigenvalue weighted by atomic mass is 16.6. The molecule has 0 aromatic heterocycles. The van der Waals surface area contributed by atoms with Crippen LogP contribution in [-0.4, -0.2) is 54.6 Å². The molecule has 1 fully saturated rings. The molecule has 1 aliphatic heterocycles. The third-order valence-corrected chi connectivity index (χ3v) is 4.39. The van der Waals surface area contributed by atoms with E-state index in [4.69, 9.17) is 4.74 Å². The van der Waals surface area contributed by atoms with E-state index in [0.717, 1.165) is 30.6 Å². The maximum Gasteiger partial charge on any atom is 0.407 e. The molecule has 0 bridgehead atoms. The van der Waals surface area contributed by atoms with E-state index in [1.54, 1.807) is 0 Å². The number of guanidine groups is 1. The molecule has 8 nitrogen and oxygen atoms in total. The monoisotopic (exact) mass is 417 g/mol. The van der Waals surface area contributed by atoms with Gasteiger partial charge < -0.3 is 25.6 Å². The molecule has 2 rings (SSSR count). The van der Waals surface area contributed by atoms with Gasteiger partial charge in [0.2, 0.25) is 5.91 Å². The lowest BCUT2D eigenvalue weighted by atomic mass is 10.1. The van der Waals surface area contributed by atoms with Crippen molar-refractivity contribution in [1.82, 2.24) is 20.9 Å². The number of nitrogens with zero attached hydrogens (tertiary/aromatic N) is 2. The SMILES string of the molecule is CCNC(=NCc1cccc(CN2CCCC2=O)c1)NCCNC(=O)OC(C)(C)C. The minimum absolute atomic E-state index is 0.233. The van der Waals surface area contributed by atoms with E-state index in [1.807, 2.05) is 50.8 Å². The van der Waals surface area contributed by atoms with Gasteiger partial charge in [0.05, 0.1) is 6.54 Å². The molecule has 0 radical (unpaired) electrons. The van der Waals surface area contributed by atoms with E-state index in [1.165, 1.54) is 0 Å². The largest absolute Gasteiger partial charge is 0.444 e. The summed E-state index contributed by atoms with van der Waals surface area (Å²) in [5.74, 6) is 0.917. The van der Waals surface area contributed by atoms with E-state index in [2.05, 4.69) is 27.0 Å². The van der Waals surface area contributed by atoms with Crippen molar-refractivity contribution in [2.75, 3.05) is 26.2 Å². The normalized spacial score (nSPS) is 14.6. The van der Waals surface area contributed by atoms with Gasteiger partial charge in [0.25, 0.3) is 0 Å². The van der Waals surface area contributed by atoms with Crippen LogP contribution in [0.5, 0.6) is 0 Å². The number of benzene rings is 1. The van der Waals surface area contributed by atoms with E-state index in [9.17, 15) is 9.59 Å². The molecule has 0 aliphatic carbocycles. The van der Waals surface area contributed by atoms with Crippen LogP contribution in [0.3, 0.4) is 0 Å². The smallest absolute Gasteiger partial charge is 0.407 e. The Morgan fingerprint density at radius 3 is 2.57 bits per heavy atom. The fourth-order valence-electron chi connectivity index (χ4n) is 3.09. The van der Waals surface area contributed by atoms with Crippen LogP contribution in [0.15, 0.2) is 29.3 Å². The number of hydrogen-bond donors (Lipinski definition) is 3. The molecule has 0 spiro atoms. The van der Waals surface area contributed by atoms with Gasteiger partial charge >= 0.3 is 6.09 Å². The number of rotatable bonds is 8. The molecule has 1 aromatic carbocycles. The summed E-state index contributed by atoms with van der Waals surface area (Å²) in [6, 6.07) is 8.19. The molecule has 2 amide bonds. The van der Waals surface area contributed by atoms with Crippen LogP contribution in [0, 0.1) is 0 Å². The van der Waals surface area contributed by atoms with Gasteiger partial charge in [-0.3, -0.25) is 4.79 Å². The van der Waals surface area contributed by atoms with Crippen molar-refractivity contribution < 1.29 is 14.3 Å². The van der Waals surface area contributed by atoms with Crippen molar-refractivity contribution >= 4 is 18.0 Å². The van der Waals surface area contributed by atoms with Crippen LogP contribution >= 0.6 is 0 Å². The first-order chi connectivity index (χ1) is 14.3. The lowest BCUT2D eigenvalue weighted by Gasteiger charge is -2.20. The molecule has 8 heteroatoms. The maximum absolute atomic E-state index is 11.8. The number of aliphatic imine (C=N–C) groups is 1. The summed E-state index contributed by atoms with van der Waals surface area (Å²) in [5, 5.41) is 9.12. The minimum atomic E-state index is -0.509. The van der Waals surface area contributed by atoms with Gasteiger partial charge in [-0.1, -0.05) is 24.3 Å². The van der Waals surface area contributed by atoms with Crippen molar-refractivity contribution in [2.24, 2.45) is 4.99 Å². The zero-order chi connectivity index (χ0) is 22.0. The molecular weight excluding hydrogens is 382 g/mol. The highest BCUT2D eigenvalue weighted by Crippen LogP contribution is 2.15. The number of alkyl carbamates (subject to hydrolysis) is 1. The molecule has 30 heavy (non-hydrogen) atoms. The highest BCUT2D eigenvalue weighted by molar-refractivity contribution is 5.80. The van der Waals surface area contributed by atoms with Gasteiger partial charge in [0.15, 0.2) is 5.96 Å². The maximum atomic E-state index is 11.8. The first-order valence-electron chi connectivity index (χ1n) is 10.6. The summed E-state index contributed by atoms with van der Waals surface area (Å²) in [5.41, 5.74) is 1.70. The summed E-state index contributed by atoms with van der Waals surface area (Å²) in [6.45, 7) is 11.2. The van der Waals surface area contributed by atoms with Crippen LogP contribution in [0.25, 0.3) is 0 Å². The zero-order valence-electron chi connectivity index (χ0n) is 18.6. The fraction of sp³-hybridized carbons (Fsp3) is 0.591. The Balaban J connectivity index is 1.83. The molecule has 166 valence electrons. The van der Waals surface area contributed by atoms with Crippen molar-refractivity contribution in [1.29, 1.82) is 0 Å². The second-order valence-corrected chi connectivity index (χ2v) is 8.29. The summed E-state index contributed by atoms with van der Waals surface area (Å²) in [6.07, 6.45) is 1.17. The predicted octanol–water partition coefficient (Wildman–Crippen LogP) is 2.39. The van der Waals surface area contributed by atoms with Gasteiger partial charge in [-0.05, 0) is 45.2 Å². The van der Waals surface area contributed by atoms with Crippen LogP contribution in [0.1, 0.15) is 51.7 Å². The molecule has 3 N–H and O–H groups in total. The lowest BCUT2D eigenvalue weighted by molar-refractivity contribution is -0.128. The van der Waals surface area contributed by atoms with E-state index in [-0.39, 0.29) is 5.91 Å². The average molecular weight is 418 g/mol. The van der Waals surface area contributed by atoms with Gasteiger partial charge in [-0.15, -0.1) is 0 Å². The number of hydrogen-bond acceptors (Lipinski definition) is 4. The highest BCUT2D eigenvalue weighted by Gasteiger charge is 2.20. The summed E-state index contributed by atoms with van der Waals surface area (Å²) >= 11 is 0. The Bertz CT molecular complexity index is 743. The van der Waals surface area contributed by atoms with Gasteiger partial charge in [-0.25, -0.2) is 9.79 Å². The van der Waals surface area contributed by atoms with E-state index >= 15 is 0 Å². The quantitative estimate of drug-likeness (QED) is 0.343. The van der Waals surface area contributed by atoms with E-state index in [0.29, 0.717) is 38.6 Å². The Morgan fingerprint density at radius 2 is 1.90 bits per heavy atom. The number of ether oxygens (including phenoxy) is 1. The summed E-state index contributed by atoms with van der Waals surface area (Å²) in [4.78, 5) is 30.0. The summed E-state index contributed by atoms with van der Waals surface area (Å²) in [7, 11) is 0. The summed E-state index contributed by atoms with van der Waals surface area (Å²) < 4.78 is 5.21. The van der Waals surface area contributed by atoms with Gasteiger partial charge in [0, 0.05) is 39.1 Å². The van der Waals surface area contributed by atoms with Gasteiger partial charge in [-0.2, -0.15) is 0 Å². The molecular formula is C22H35N5O3. The number of carbonyl (C=O) groups is 2. The Kier molecular flexibility index (Phi) is 8.95. The first kappa shape index (κ1) is 23.5. The Morgan fingerprint density at radius 1 is 1.17 bits per heavy atom. The molecule has 0 atom stereocenters. The Labute approximate surface area is 179 Å². The molecule has 1 saturated heterocycles. The van der Waals surface area contributed by atoms with Crippen LogP contribution in [0.2, 0.25) is 0 Å². The molecule has 1 aliphatic rings. The van der Waals surface area contributed by atoms with Crippen molar-refractivity contribution in [3.63, 3.8) is 0 Å². The minimum Gasteiger partial charge on any atom is -0.444 e. The number of amides is 2. The first-order valence-corrected chi connectivity index (χ1v) is 10.6.